The highest BCUT2D eigenvalue weighted by Gasteiger charge is 2.17. The maximum Gasteiger partial charge on any atom is 0.268 e. The highest BCUT2D eigenvalue weighted by atomic mass is 16.5. The highest BCUT2D eigenvalue weighted by molar-refractivity contribution is 5.81. The van der Waals surface area contributed by atoms with Gasteiger partial charge in [0.05, 0.1) is 11.1 Å². The van der Waals surface area contributed by atoms with Gasteiger partial charge >= 0.3 is 0 Å². The fraction of sp³-hybridized carbons (Fsp3) is 0.0667. The molecule has 2 aromatic rings. The predicted octanol–water partition coefficient (Wildman–Crippen LogP) is 0.694. The van der Waals surface area contributed by atoms with Crippen LogP contribution >= 0.6 is 0 Å². The number of carbonyl (C=O) groups excluding carboxylic acids is 1. The third-order valence-corrected chi connectivity index (χ3v) is 2.99. The van der Waals surface area contributed by atoms with Gasteiger partial charge in [-0.1, -0.05) is 48.5 Å². The Labute approximate surface area is 109 Å². The van der Waals surface area contributed by atoms with Crippen molar-refractivity contribution in [3.63, 3.8) is 0 Å². The van der Waals surface area contributed by atoms with Gasteiger partial charge in [-0.25, -0.2) is 10.1 Å². The Morgan fingerprint density at radius 1 is 1.00 bits per heavy atom. The van der Waals surface area contributed by atoms with Crippen LogP contribution in [0.3, 0.4) is 0 Å². The predicted molar refractivity (Wildman–Crippen MR) is 69.7 cm³/mol. The Kier molecular flexibility index (Phi) is 2.85. The van der Waals surface area contributed by atoms with E-state index >= 15 is 0 Å². The smallest absolute Gasteiger partial charge is 0.268 e. The van der Waals surface area contributed by atoms with E-state index in [2.05, 4.69) is 4.99 Å². The zero-order valence-electron chi connectivity index (χ0n) is 10.2. The third-order valence-electron chi connectivity index (χ3n) is 2.99. The largest absolute Gasteiger partial charge is 0.288 e. The molecule has 0 bridgehead atoms. The number of rotatable bonds is 1. The molecule has 1 N–H and O–H groups in total. The van der Waals surface area contributed by atoms with Crippen LogP contribution in [0.4, 0.5) is 0 Å². The van der Waals surface area contributed by atoms with Crippen molar-refractivity contribution in [2.24, 2.45) is 4.99 Å². The highest BCUT2D eigenvalue weighted by Crippen LogP contribution is 2.14. The number of para-hydroxylation sites is 1. The van der Waals surface area contributed by atoms with Crippen LogP contribution < -0.4 is 10.6 Å². The summed E-state index contributed by atoms with van der Waals surface area (Å²) in [6, 6.07) is 16.8. The van der Waals surface area contributed by atoms with Crippen LogP contribution in [0.15, 0.2) is 59.6 Å². The molecule has 0 saturated carbocycles. The molecule has 0 atom stereocenters. The van der Waals surface area contributed by atoms with Crippen molar-refractivity contribution in [1.82, 2.24) is 5.06 Å². The molecular weight excluding hydrogens is 240 g/mol. The molecule has 1 aliphatic heterocycles. The summed E-state index contributed by atoms with van der Waals surface area (Å²) in [6.45, 7) is -0.140. The van der Waals surface area contributed by atoms with E-state index in [-0.39, 0.29) is 12.5 Å². The van der Waals surface area contributed by atoms with Crippen molar-refractivity contribution in [1.29, 1.82) is 0 Å². The minimum absolute atomic E-state index is 0.140. The molecule has 19 heavy (non-hydrogen) atoms. The second-order valence-corrected chi connectivity index (χ2v) is 4.29. The molecule has 1 aliphatic rings. The minimum Gasteiger partial charge on any atom is -0.288 e. The average molecular weight is 252 g/mol. The first-order chi connectivity index (χ1) is 9.25. The van der Waals surface area contributed by atoms with Crippen LogP contribution in [0, 0.1) is 0 Å². The Bertz CT molecular complexity index is 738. The van der Waals surface area contributed by atoms with Crippen molar-refractivity contribution in [2.45, 2.75) is 0 Å². The summed E-state index contributed by atoms with van der Waals surface area (Å²) in [5.74, 6) is -0.360. The normalized spacial score (nSPS) is 14.7. The molecule has 0 unspecified atom stereocenters. The number of fused-ring (bicyclic) bond motifs is 1. The zero-order valence-corrected chi connectivity index (χ0v) is 10.2. The molecule has 1 amide bonds. The lowest BCUT2D eigenvalue weighted by Gasteiger charge is -2.17. The number of amides is 1. The van der Waals surface area contributed by atoms with Gasteiger partial charge in [-0.2, -0.15) is 0 Å². The first-order valence-electron chi connectivity index (χ1n) is 5.98. The number of carbonyl (C=O) groups is 1. The molecule has 4 heteroatoms. The number of nitrogens with zero attached hydrogens (tertiary/aromatic N) is 2. The Hall–Kier alpha value is -2.46. The van der Waals surface area contributed by atoms with Crippen LogP contribution in [-0.2, 0) is 4.79 Å². The lowest BCUT2D eigenvalue weighted by atomic mass is 10.1. The average Bonchev–Trinajstić information content (AvgIpc) is 2.54. The van der Waals surface area contributed by atoms with Gasteiger partial charge in [-0.05, 0) is 6.07 Å². The number of hydrogen-bond acceptors (Lipinski definition) is 3. The topological polar surface area (TPSA) is 52.9 Å². The molecule has 0 fully saturated rings. The number of hydroxylamine groups is 2. The van der Waals surface area contributed by atoms with Crippen LogP contribution in [-0.4, -0.2) is 22.7 Å². The maximum absolute atomic E-state index is 11.7. The van der Waals surface area contributed by atoms with E-state index in [1.165, 1.54) is 0 Å². The third kappa shape index (κ3) is 2.13. The molecule has 0 aliphatic carbocycles. The van der Waals surface area contributed by atoms with Gasteiger partial charge in [0.25, 0.3) is 5.91 Å². The second kappa shape index (κ2) is 4.66. The van der Waals surface area contributed by atoms with E-state index in [4.69, 9.17) is 0 Å². The first kappa shape index (κ1) is 11.6. The molecule has 1 heterocycles. The summed E-state index contributed by atoms with van der Waals surface area (Å²) >= 11 is 0. The Balaban J connectivity index is 2.40. The molecule has 0 aromatic heterocycles. The summed E-state index contributed by atoms with van der Waals surface area (Å²) in [5, 5.41) is 12.4. The molecule has 0 radical (unpaired) electrons. The summed E-state index contributed by atoms with van der Waals surface area (Å²) in [4.78, 5) is 15.7. The van der Waals surface area contributed by atoms with Gasteiger partial charge < -0.3 is 0 Å². The van der Waals surface area contributed by atoms with Crippen molar-refractivity contribution in [3.05, 3.63) is 70.7 Å². The van der Waals surface area contributed by atoms with E-state index in [9.17, 15) is 10.0 Å². The van der Waals surface area contributed by atoms with Crippen LogP contribution in [0.2, 0.25) is 0 Å². The summed E-state index contributed by atoms with van der Waals surface area (Å²) in [5.41, 5.74) is 1.45. The van der Waals surface area contributed by atoms with Crippen molar-refractivity contribution < 1.29 is 10.0 Å². The standard InChI is InChI=1S/C15H12N2O2/c18-14-10-17(19)15(11-6-2-1-3-7-11)12-8-4-5-9-13(12)16-14/h1-9,19H,10H2. The summed E-state index contributed by atoms with van der Waals surface area (Å²) < 4.78 is 0. The summed E-state index contributed by atoms with van der Waals surface area (Å²) in [6.07, 6.45) is 0. The monoisotopic (exact) mass is 252 g/mol. The van der Waals surface area contributed by atoms with E-state index < -0.39 is 0 Å². The van der Waals surface area contributed by atoms with Crippen molar-refractivity contribution in [3.8, 4) is 0 Å². The molecular formula is C15H12N2O2. The fourth-order valence-corrected chi connectivity index (χ4v) is 2.19. The molecule has 3 rings (SSSR count). The Morgan fingerprint density at radius 3 is 2.47 bits per heavy atom. The van der Waals surface area contributed by atoms with Gasteiger partial charge in [-0.3, -0.25) is 10.0 Å². The van der Waals surface area contributed by atoms with Gasteiger partial charge in [0.1, 0.15) is 6.54 Å². The summed E-state index contributed by atoms with van der Waals surface area (Å²) in [7, 11) is 0. The van der Waals surface area contributed by atoms with E-state index in [1.807, 2.05) is 48.5 Å². The molecule has 0 saturated heterocycles. The van der Waals surface area contributed by atoms with Crippen LogP contribution in [0.1, 0.15) is 5.56 Å². The number of hydrogen-bond donors (Lipinski definition) is 1. The SMILES string of the molecule is O=C1CN(O)C(c2ccccc2)=c2ccccc2=N1. The van der Waals surface area contributed by atoms with Crippen LogP contribution in [0.5, 0.6) is 0 Å². The quantitative estimate of drug-likeness (QED) is 0.812. The lowest BCUT2D eigenvalue weighted by Crippen LogP contribution is -2.31. The van der Waals surface area contributed by atoms with Crippen molar-refractivity contribution in [2.75, 3.05) is 6.54 Å². The minimum atomic E-state index is -0.360. The van der Waals surface area contributed by atoms with Gasteiger partial charge in [0.2, 0.25) is 0 Å². The van der Waals surface area contributed by atoms with Crippen LogP contribution in [0.25, 0.3) is 5.70 Å². The van der Waals surface area contributed by atoms with E-state index in [1.54, 1.807) is 6.07 Å². The van der Waals surface area contributed by atoms with Crippen molar-refractivity contribution >= 4 is 11.6 Å². The first-order valence-corrected chi connectivity index (χ1v) is 5.98. The zero-order chi connectivity index (χ0) is 13.2. The van der Waals surface area contributed by atoms with E-state index in [0.29, 0.717) is 11.1 Å². The lowest BCUT2D eigenvalue weighted by molar-refractivity contribution is -0.125. The number of benzene rings is 2. The van der Waals surface area contributed by atoms with Gasteiger partial charge in [0, 0.05) is 10.8 Å². The van der Waals surface area contributed by atoms with Gasteiger partial charge in [0.15, 0.2) is 0 Å². The molecule has 4 nitrogen and oxygen atoms in total. The maximum atomic E-state index is 11.7. The van der Waals surface area contributed by atoms with Gasteiger partial charge in [-0.15, -0.1) is 0 Å². The molecule has 94 valence electrons. The second-order valence-electron chi connectivity index (χ2n) is 4.29. The molecule has 0 spiro atoms. The van der Waals surface area contributed by atoms with E-state index in [0.717, 1.165) is 15.8 Å². The Morgan fingerprint density at radius 2 is 1.68 bits per heavy atom. The fourth-order valence-electron chi connectivity index (χ4n) is 2.19. The molecule has 2 aromatic carbocycles.